The van der Waals surface area contributed by atoms with Crippen molar-refractivity contribution in [3.63, 3.8) is 0 Å². The minimum atomic E-state index is 0.748. The number of hydrogen-bond donors (Lipinski definition) is 0. The summed E-state index contributed by atoms with van der Waals surface area (Å²) in [5.74, 6) is 0. The van der Waals surface area contributed by atoms with Crippen molar-refractivity contribution < 1.29 is 0 Å². The van der Waals surface area contributed by atoms with Gasteiger partial charge in [0, 0.05) is 13.1 Å². The smallest absolute Gasteiger partial charge is 0.0967 e. The third-order valence-corrected chi connectivity index (χ3v) is 5.49. The van der Waals surface area contributed by atoms with E-state index < -0.39 is 0 Å². The molecule has 4 rings (SSSR count). The van der Waals surface area contributed by atoms with Crippen molar-refractivity contribution in [1.29, 1.82) is 0 Å². The van der Waals surface area contributed by atoms with Crippen LogP contribution >= 0.6 is 0 Å². The van der Waals surface area contributed by atoms with Crippen LogP contribution in [0.3, 0.4) is 0 Å². The lowest BCUT2D eigenvalue weighted by Crippen LogP contribution is -2.25. The summed E-state index contributed by atoms with van der Waals surface area (Å²) in [6, 6.07) is 20.7. The fourth-order valence-electron chi connectivity index (χ4n) is 3.84. The minimum absolute atomic E-state index is 0.748. The molecule has 4 aromatic rings. The number of nitrogens with zero attached hydrogens (tertiary/aromatic N) is 8. The van der Waals surface area contributed by atoms with Gasteiger partial charge in [0.25, 0.3) is 0 Å². The zero-order valence-electron chi connectivity index (χ0n) is 19.5. The first-order valence-electron chi connectivity index (χ1n) is 11.4. The quantitative estimate of drug-likeness (QED) is 0.335. The molecule has 0 saturated carbocycles. The van der Waals surface area contributed by atoms with Gasteiger partial charge in [-0.1, -0.05) is 71.1 Å². The van der Waals surface area contributed by atoms with Gasteiger partial charge in [-0.15, -0.1) is 10.2 Å². The van der Waals surface area contributed by atoms with Crippen LogP contribution in [0.2, 0.25) is 0 Å². The van der Waals surface area contributed by atoms with Crippen molar-refractivity contribution in [2.45, 2.75) is 32.6 Å². The molecule has 0 aliphatic heterocycles. The molecule has 2 heterocycles. The Labute approximate surface area is 195 Å². The van der Waals surface area contributed by atoms with Crippen LogP contribution in [0.1, 0.15) is 28.9 Å². The number of hydrogen-bond acceptors (Lipinski definition) is 6. The van der Waals surface area contributed by atoms with Gasteiger partial charge in [0.15, 0.2) is 0 Å². The van der Waals surface area contributed by atoms with Crippen molar-refractivity contribution >= 4 is 0 Å². The molecule has 0 amide bonds. The molecule has 0 bridgehead atoms. The van der Waals surface area contributed by atoms with Gasteiger partial charge in [-0.05, 0) is 44.7 Å². The first-order valence-corrected chi connectivity index (χ1v) is 11.4. The highest BCUT2D eigenvalue weighted by Gasteiger charge is 2.08. The molecule has 0 atom stereocenters. The molecule has 33 heavy (non-hydrogen) atoms. The third-order valence-electron chi connectivity index (χ3n) is 5.49. The van der Waals surface area contributed by atoms with E-state index in [4.69, 9.17) is 0 Å². The van der Waals surface area contributed by atoms with Crippen molar-refractivity contribution in [3.8, 4) is 0 Å². The van der Waals surface area contributed by atoms with E-state index >= 15 is 0 Å². The molecule has 2 aromatic heterocycles. The lowest BCUT2D eigenvalue weighted by Gasteiger charge is -2.18. The highest BCUT2D eigenvalue weighted by atomic mass is 15.4. The Morgan fingerprint density at radius 1 is 0.636 bits per heavy atom. The van der Waals surface area contributed by atoms with E-state index in [-0.39, 0.29) is 0 Å². The highest BCUT2D eigenvalue weighted by Crippen LogP contribution is 2.06. The Balaban J connectivity index is 1.15. The molecule has 0 saturated heterocycles. The van der Waals surface area contributed by atoms with E-state index in [0.717, 1.165) is 57.1 Å². The van der Waals surface area contributed by atoms with Gasteiger partial charge in [-0.2, -0.15) is 0 Å². The van der Waals surface area contributed by atoms with E-state index in [1.54, 1.807) is 0 Å². The van der Waals surface area contributed by atoms with Crippen molar-refractivity contribution in [2.24, 2.45) is 0 Å². The van der Waals surface area contributed by atoms with Gasteiger partial charge in [0.05, 0.1) is 36.9 Å². The first kappa shape index (κ1) is 22.8. The molecule has 8 nitrogen and oxygen atoms in total. The van der Waals surface area contributed by atoms with Gasteiger partial charge >= 0.3 is 0 Å². The lowest BCUT2D eigenvalue weighted by atomic mass is 10.2. The van der Waals surface area contributed by atoms with Crippen molar-refractivity contribution in [3.05, 3.63) is 95.6 Å². The van der Waals surface area contributed by atoms with Crippen LogP contribution in [-0.2, 0) is 26.2 Å². The van der Waals surface area contributed by atoms with Gasteiger partial charge in [-0.3, -0.25) is 0 Å². The summed E-state index contributed by atoms with van der Waals surface area (Å²) in [5.41, 5.74) is 4.45. The normalized spacial score (nSPS) is 11.5. The lowest BCUT2D eigenvalue weighted by molar-refractivity contribution is 0.267. The van der Waals surface area contributed by atoms with Crippen LogP contribution in [0.4, 0.5) is 0 Å². The summed E-state index contributed by atoms with van der Waals surface area (Å²) >= 11 is 0. The van der Waals surface area contributed by atoms with E-state index in [9.17, 15) is 0 Å². The summed E-state index contributed by atoms with van der Waals surface area (Å²) in [6.45, 7) is 5.09. The standard InChI is InChI=1S/C25H32N8/c1-30(18-24-20-32(28-26-24)16-22-10-5-3-6-11-22)14-9-15-31(2)19-25-21-33(29-27-25)17-23-12-7-4-8-13-23/h3-8,10-13,20-21H,9,14-19H2,1-2H3. The fraction of sp³-hybridized carbons (Fsp3) is 0.360. The van der Waals surface area contributed by atoms with Crippen LogP contribution < -0.4 is 0 Å². The molecule has 172 valence electrons. The topological polar surface area (TPSA) is 67.9 Å². The maximum absolute atomic E-state index is 4.33. The predicted octanol–water partition coefficient (Wildman–Crippen LogP) is 2.92. The van der Waals surface area contributed by atoms with E-state index in [1.165, 1.54) is 11.1 Å². The van der Waals surface area contributed by atoms with E-state index in [2.05, 4.69) is 68.8 Å². The Hall–Kier alpha value is -3.36. The zero-order valence-corrected chi connectivity index (χ0v) is 19.5. The Bertz CT molecular complexity index is 1000. The number of rotatable bonds is 12. The van der Waals surface area contributed by atoms with Crippen LogP contribution in [0.5, 0.6) is 0 Å². The molecule has 0 aliphatic rings. The fourth-order valence-corrected chi connectivity index (χ4v) is 3.84. The Kier molecular flexibility index (Phi) is 7.94. The van der Waals surface area contributed by atoms with E-state index in [1.807, 2.05) is 58.2 Å². The van der Waals surface area contributed by atoms with Crippen molar-refractivity contribution in [1.82, 2.24) is 39.8 Å². The summed E-state index contributed by atoms with van der Waals surface area (Å²) in [5, 5.41) is 17.2. The summed E-state index contributed by atoms with van der Waals surface area (Å²) < 4.78 is 3.80. The molecule has 0 spiro atoms. The van der Waals surface area contributed by atoms with Crippen LogP contribution in [0, 0.1) is 0 Å². The molecular formula is C25H32N8. The summed E-state index contributed by atoms with van der Waals surface area (Å²) in [4.78, 5) is 4.59. The van der Waals surface area contributed by atoms with Crippen LogP contribution in [-0.4, -0.2) is 67.0 Å². The molecule has 0 unspecified atom stereocenters. The minimum Gasteiger partial charge on any atom is -0.300 e. The summed E-state index contributed by atoms with van der Waals surface area (Å²) in [6.07, 6.45) is 5.14. The van der Waals surface area contributed by atoms with Crippen molar-refractivity contribution in [2.75, 3.05) is 27.2 Å². The Morgan fingerprint density at radius 2 is 1.06 bits per heavy atom. The summed E-state index contributed by atoms with van der Waals surface area (Å²) in [7, 11) is 4.26. The first-order chi connectivity index (χ1) is 16.1. The SMILES string of the molecule is CN(CCCN(C)Cc1cn(Cc2ccccc2)nn1)Cc1cn(Cc2ccccc2)nn1. The Morgan fingerprint density at radius 3 is 1.48 bits per heavy atom. The maximum Gasteiger partial charge on any atom is 0.0967 e. The second-order valence-electron chi connectivity index (χ2n) is 8.62. The average molecular weight is 445 g/mol. The van der Waals surface area contributed by atoms with Gasteiger partial charge in [-0.25, -0.2) is 9.36 Å². The maximum atomic E-state index is 4.33. The van der Waals surface area contributed by atoms with Gasteiger partial charge in [0.2, 0.25) is 0 Å². The molecule has 0 N–H and O–H groups in total. The molecule has 2 aromatic carbocycles. The molecule has 8 heteroatoms. The van der Waals surface area contributed by atoms with Gasteiger partial charge < -0.3 is 9.80 Å². The highest BCUT2D eigenvalue weighted by molar-refractivity contribution is 5.15. The van der Waals surface area contributed by atoms with Crippen LogP contribution in [0.25, 0.3) is 0 Å². The van der Waals surface area contributed by atoms with E-state index in [0.29, 0.717) is 0 Å². The van der Waals surface area contributed by atoms with Gasteiger partial charge in [0.1, 0.15) is 0 Å². The molecule has 0 fully saturated rings. The predicted molar refractivity (Wildman–Crippen MR) is 128 cm³/mol. The second kappa shape index (κ2) is 11.5. The van der Waals surface area contributed by atoms with Crippen LogP contribution in [0.15, 0.2) is 73.1 Å². The molecule has 0 aliphatic carbocycles. The second-order valence-corrected chi connectivity index (χ2v) is 8.62. The monoisotopic (exact) mass is 444 g/mol. The zero-order chi connectivity index (χ0) is 22.9. The largest absolute Gasteiger partial charge is 0.300 e. The molecule has 0 radical (unpaired) electrons. The molecular weight excluding hydrogens is 412 g/mol. The number of benzene rings is 2. The average Bonchev–Trinajstić information content (AvgIpc) is 3.44. The third kappa shape index (κ3) is 7.34. The number of aromatic nitrogens is 6.